The molecule has 0 unspecified atom stereocenters. The Bertz CT molecular complexity index is 613. The van der Waals surface area contributed by atoms with Gasteiger partial charge in [0, 0.05) is 18.9 Å². The Morgan fingerprint density at radius 2 is 2.21 bits per heavy atom. The number of nitro groups is 1. The van der Waals surface area contributed by atoms with Crippen LogP contribution in [0.15, 0.2) is 36.7 Å². The summed E-state index contributed by atoms with van der Waals surface area (Å²) >= 11 is 0. The van der Waals surface area contributed by atoms with E-state index in [1.54, 1.807) is 24.5 Å². The SMILES string of the molecule is Cc1ccncc1CNc1cccc(N)c1[N+](=O)[O-]. The summed E-state index contributed by atoms with van der Waals surface area (Å²) in [7, 11) is 0. The van der Waals surface area contributed by atoms with Crippen LogP contribution in [0.5, 0.6) is 0 Å². The van der Waals surface area contributed by atoms with Gasteiger partial charge in [-0.05, 0) is 36.2 Å². The third-order valence-electron chi connectivity index (χ3n) is 2.87. The molecule has 6 nitrogen and oxygen atoms in total. The number of nitrogens with zero attached hydrogens (tertiary/aromatic N) is 2. The van der Waals surface area contributed by atoms with Gasteiger partial charge in [0.25, 0.3) is 0 Å². The molecule has 19 heavy (non-hydrogen) atoms. The van der Waals surface area contributed by atoms with Crippen LogP contribution in [0.4, 0.5) is 17.1 Å². The lowest BCUT2D eigenvalue weighted by atomic mass is 10.1. The highest BCUT2D eigenvalue weighted by molar-refractivity contribution is 5.74. The van der Waals surface area contributed by atoms with E-state index in [1.807, 2.05) is 13.0 Å². The molecule has 98 valence electrons. The van der Waals surface area contributed by atoms with Gasteiger partial charge in [-0.25, -0.2) is 0 Å². The molecule has 0 aliphatic carbocycles. The van der Waals surface area contributed by atoms with E-state index >= 15 is 0 Å². The van der Waals surface area contributed by atoms with Crippen molar-refractivity contribution in [1.82, 2.24) is 4.98 Å². The summed E-state index contributed by atoms with van der Waals surface area (Å²) in [5, 5.41) is 14.0. The highest BCUT2D eigenvalue weighted by Gasteiger charge is 2.17. The number of nitro benzene ring substituents is 1. The molecule has 0 atom stereocenters. The number of rotatable bonds is 4. The number of anilines is 2. The Morgan fingerprint density at radius 1 is 1.42 bits per heavy atom. The predicted molar refractivity (Wildman–Crippen MR) is 73.8 cm³/mol. The first kappa shape index (κ1) is 12.8. The van der Waals surface area contributed by atoms with Crippen LogP contribution in [0.3, 0.4) is 0 Å². The summed E-state index contributed by atoms with van der Waals surface area (Å²) in [6.07, 6.45) is 3.45. The highest BCUT2D eigenvalue weighted by Crippen LogP contribution is 2.30. The third kappa shape index (κ3) is 2.79. The molecule has 2 rings (SSSR count). The first-order chi connectivity index (χ1) is 9.09. The maximum absolute atomic E-state index is 11.0. The summed E-state index contributed by atoms with van der Waals surface area (Å²) in [6, 6.07) is 6.73. The van der Waals surface area contributed by atoms with Crippen molar-refractivity contribution < 1.29 is 4.92 Å². The van der Waals surface area contributed by atoms with Gasteiger partial charge in [0.2, 0.25) is 0 Å². The lowest BCUT2D eigenvalue weighted by molar-refractivity contribution is -0.383. The topological polar surface area (TPSA) is 94.1 Å². The maximum Gasteiger partial charge on any atom is 0.314 e. The number of benzene rings is 1. The van der Waals surface area contributed by atoms with Crippen molar-refractivity contribution >= 4 is 17.1 Å². The van der Waals surface area contributed by atoms with Gasteiger partial charge in [0.1, 0.15) is 11.4 Å². The van der Waals surface area contributed by atoms with E-state index in [-0.39, 0.29) is 11.4 Å². The lowest BCUT2D eigenvalue weighted by Gasteiger charge is -2.09. The van der Waals surface area contributed by atoms with E-state index in [0.717, 1.165) is 11.1 Å². The Kier molecular flexibility index (Phi) is 3.61. The number of aryl methyl sites for hydroxylation is 1. The molecule has 0 amide bonds. The van der Waals surface area contributed by atoms with Gasteiger partial charge in [0.05, 0.1) is 4.92 Å². The fourth-order valence-corrected chi connectivity index (χ4v) is 1.78. The Balaban J connectivity index is 2.23. The number of hydrogen-bond acceptors (Lipinski definition) is 5. The Morgan fingerprint density at radius 3 is 2.89 bits per heavy atom. The molecular formula is C13H14N4O2. The monoisotopic (exact) mass is 258 g/mol. The number of nitrogen functional groups attached to an aromatic ring is 1. The van der Waals surface area contributed by atoms with Crippen molar-refractivity contribution in [3.63, 3.8) is 0 Å². The van der Waals surface area contributed by atoms with Gasteiger partial charge in [-0.3, -0.25) is 15.1 Å². The number of nitrogens with two attached hydrogens (primary N) is 1. The van der Waals surface area contributed by atoms with E-state index in [4.69, 9.17) is 5.73 Å². The van der Waals surface area contributed by atoms with Gasteiger partial charge >= 0.3 is 5.69 Å². The molecule has 0 saturated heterocycles. The average Bonchev–Trinajstić information content (AvgIpc) is 2.37. The van der Waals surface area contributed by atoms with Gasteiger partial charge in [-0.2, -0.15) is 0 Å². The Hall–Kier alpha value is -2.63. The second kappa shape index (κ2) is 5.34. The summed E-state index contributed by atoms with van der Waals surface area (Å²) in [6.45, 7) is 2.43. The van der Waals surface area contributed by atoms with E-state index < -0.39 is 4.92 Å². The molecular weight excluding hydrogens is 244 g/mol. The van der Waals surface area contributed by atoms with Crippen LogP contribution in [0.1, 0.15) is 11.1 Å². The van der Waals surface area contributed by atoms with Gasteiger partial charge < -0.3 is 11.1 Å². The predicted octanol–water partition coefficient (Wildman–Crippen LogP) is 2.49. The molecule has 0 aliphatic rings. The molecule has 0 saturated carbocycles. The average molecular weight is 258 g/mol. The molecule has 0 spiro atoms. The fourth-order valence-electron chi connectivity index (χ4n) is 1.78. The van der Waals surface area contributed by atoms with Crippen LogP contribution in [0.25, 0.3) is 0 Å². The van der Waals surface area contributed by atoms with Crippen molar-refractivity contribution in [2.45, 2.75) is 13.5 Å². The number of para-hydroxylation sites is 1. The van der Waals surface area contributed by atoms with Crippen LogP contribution < -0.4 is 11.1 Å². The fraction of sp³-hybridized carbons (Fsp3) is 0.154. The van der Waals surface area contributed by atoms with Crippen molar-refractivity contribution in [3.8, 4) is 0 Å². The molecule has 0 radical (unpaired) electrons. The van der Waals surface area contributed by atoms with Gasteiger partial charge in [-0.15, -0.1) is 0 Å². The van der Waals surface area contributed by atoms with Gasteiger partial charge in [0.15, 0.2) is 0 Å². The number of pyridine rings is 1. The lowest BCUT2D eigenvalue weighted by Crippen LogP contribution is -2.05. The normalized spacial score (nSPS) is 10.2. The van der Waals surface area contributed by atoms with E-state index in [1.165, 1.54) is 6.07 Å². The van der Waals surface area contributed by atoms with E-state index in [0.29, 0.717) is 12.2 Å². The van der Waals surface area contributed by atoms with E-state index in [2.05, 4.69) is 10.3 Å². The molecule has 0 bridgehead atoms. The van der Waals surface area contributed by atoms with Crippen molar-refractivity contribution in [3.05, 3.63) is 57.9 Å². The van der Waals surface area contributed by atoms with Crippen LogP contribution in [-0.2, 0) is 6.54 Å². The minimum Gasteiger partial charge on any atom is -0.393 e. The highest BCUT2D eigenvalue weighted by atomic mass is 16.6. The summed E-state index contributed by atoms with van der Waals surface area (Å²) in [4.78, 5) is 14.5. The van der Waals surface area contributed by atoms with Gasteiger partial charge in [-0.1, -0.05) is 6.07 Å². The minimum absolute atomic E-state index is 0.0935. The molecule has 1 heterocycles. The van der Waals surface area contributed by atoms with Crippen LogP contribution in [0, 0.1) is 17.0 Å². The van der Waals surface area contributed by atoms with Crippen molar-refractivity contribution in [2.75, 3.05) is 11.1 Å². The zero-order chi connectivity index (χ0) is 13.8. The number of hydrogen-bond donors (Lipinski definition) is 2. The first-order valence-electron chi connectivity index (χ1n) is 5.76. The van der Waals surface area contributed by atoms with Crippen molar-refractivity contribution in [2.24, 2.45) is 0 Å². The van der Waals surface area contributed by atoms with Crippen molar-refractivity contribution in [1.29, 1.82) is 0 Å². The molecule has 2 aromatic rings. The molecule has 1 aromatic carbocycles. The van der Waals surface area contributed by atoms with Crippen LogP contribution >= 0.6 is 0 Å². The number of aromatic nitrogens is 1. The maximum atomic E-state index is 11.0. The smallest absolute Gasteiger partial charge is 0.314 e. The standard InChI is InChI=1S/C13H14N4O2/c1-9-5-6-15-7-10(9)8-16-12-4-2-3-11(14)13(12)17(18)19/h2-7,16H,8,14H2,1H3. The summed E-state index contributed by atoms with van der Waals surface area (Å²) in [5.41, 5.74) is 8.16. The van der Waals surface area contributed by atoms with E-state index in [9.17, 15) is 10.1 Å². The Labute approximate surface area is 110 Å². The number of nitrogens with one attached hydrogen (secondary N) is 1. The molecule has 0 fully saturated rings. The van der Waals surface area contributed by atoms with Crippen LogP contribution in [-0.4, -0.2) is 9.91 Å². The zero-order valence-corrected chi connectivity index (χ0v) is 10.5. The quantitative estimate of drug-likeness (QED) is 0.499. The summed E-state index contributed by atoms with van der Waals surface area (Å²) < 4.78 is 0. The molecule has 6 heteroatoms. The minimum atomic E-state index is -0.478. The molecule has 0 aliphatic heterocycles. The second-order valence-corrected chi connectivity index (χ2v) is 4.16. The molecule has 3 N–H and O–H groups in total. The third-order valence-corrected chi connectivity index (χ3v) is 2.87. The molecule has 1 aromatic heterocycles. The zero-order valence-electron chi connectivity index (χ0n) is 10.5. The second-order valence-electron chi connectivity index (χ2n) is 4.16. The summed E-state index contributed by atoms with van der Waals surface area (Å²) in [5.74, 6) is 0. The first-order valence-corrected chi connectivity index (χ1v) is 5.76. The van der Waals surface area contributed by atoms with Crippen LogP contribution in [0.2, 0.25) is 0 Å². The largest absolute Gasteiger partial charge is 0.393 e.